The minimum atomic E-state index is -0.860. The third-order valence-electron chi connectivity index (χ3n) is 2.80. The van der Waals surface area contributed by atoms with Crippen molar-refractivity contribution in [1.82, 2.24) is 0 Å². The second-order valence-corrected chi connectivity index (χ2v) is 4.31. The second kappa shape index (κ2) is 6.27. The third kappa shape index (κ3) is 3.51. The number of halogens is 2. The zero-order chi connectivity index (χ0) is 15.4. The number of nitrogens with two attached hydrogens (primary N) is 1. The van der Waals surface area contributed by atoms with Crippen LogP contribution in [0.2, 0.25) is 0 Å². The lowest BCUT2D eigenvalue weighted by molar-refractivity contribution is -0.384. The predicted molar refractivity (Wildman–Crippen MR) is 71.7 cm³/mol. The molecule has 7 heteroatoms. The van der Waals surface area contributed by atoms with E-state index in [1.165, 1.54) is 18.2 Å². The Hall–Kier alpha value is -2.54. The summed E-state index contributed by atoms with van der Waals surface area (Å²) in [6.07, 6.45) is 0. The molecule has 0 saturated carbocycles. The van der Waals surface area contributed by atoms with Crippen LogP contribution < -0.4 is 10.5 Å². The maximum Gasteiger partial charge on any atom is 0.269 e. The smallest absolute Gasteiger partial charge is 0.269 e. The van der Waals surface area contributed by atoms with E-state index in [9.17, 15) is 18.9 Å². The molecule has 0 amide bonds. The Balaban J connectivity index is 2.17. The van der Waals surface area contributed by atoms with Gasteiger partial charge in [0.25, 0.3) is 5.69 Å². The predicted octanol–water partition coefficient (Wildman–Crippen LogP) is 2.91. The van der Waals surface area contributed by atoms with Gasteiger partial charge in [-0.05, 0) is 23.3 Å². The molecule has 0 aromatic heterocycles. The largest absolute Gasteiger partial charge is 0.483 e. The Morgan fingerprint density at radius 3 is 2.38 bits per heavy atom. The summed E-state index contributed by atoms with van der Waals surface area (Å²) in [5.74, 6) is -2.25. The molecule has 0 saturated heterocycles. The molecule has 110 valence electrons. The number of benzene rings is 2. The number of non-ortho nitro benzene ring substituents is 1. The summed E-state index contributed by atoms with van der Waals surface area (Å²) in [6, 6.07) is 7.82. The van der Waals surface area contributed by atoms with Gasteiger partial charge in [0.2, 0.25) is 0 Å². The molecule has 2 N–H and O–H groups in total. The molecular formula is C14H12F2N2O3. The highest BCUT2D eigenvalue weighted by molar-refractivity contribution is 5.35. The van der Waals surface area contributed by atoms with Gasteiger partial charge in [0, 0.05) is 18.7 Å². The Morgan fingerprint density at radius 1 is 1.14 bits per heavy atom. The number of hydrogen-bond acceptors (Lipinski definition) is 4. The first-order valence-electron chi connectivity index (χ1n) is 6.05. The number of ether oxygens (including phenoxy) is 1. The third-order valence-corrected chi connectivity index (χ3v) is 2.80. The van der Waals surface area contributed by atoms with E-state index in [2.05, 4.69) is 0 Å². The van der Waals surface area contributed by atoms with Gasteiger partial charge in [-0.25, -0.2) is 8.78 Å². The molecule has 0 heterocycles. The van der Waals surface area contributed by atoms with E-state index >= 15 is 0 Å². The van der Waals surface area contributed by atoms with Crippen LogP contribution in [-0.2, 0) is 13.2 Å². The molecule has 21 heavy (non-hydrogen) atoms. The highest BCUT2D eigenvalue weighted by Gasteiger charge is 2.13. The quantitative estimate of drug-likeness (QED) is 0.679. The number of rotatable bonds is 5. The van der Waals surface area contributed by atoms with Gasteiger partial charge in [0.1, 0.15) is 6.61 Å². The van der Waals surface area contributed by atoms with Crippen molar-refractivity contribution in [3.63, 3.8) is 0 Å². The Labute approximate surface area is 119 Å². The van der Waals surface area contributed by atoms with Gasteiger partial charge in [-0.3, -0.25) is 10.1 Å². The van der Waals surface area contributed by atoms with Gasteiger partial charge in [-0.1, -0.05) is 12.1 Å². The van der Waals surface area contributed by atoms with Crippen LogP contribution in [0.5, 0.6) is 5.75 Å². The topological polar surface area (TPSA) is 78.4 Å². The van der Waals surface area contributed by atoms with Crippen molar-refractivity contribution in [2.75, 3.05) is 0 Å². The van der Waals surface area contributed by atoms with E-state index in [4.69, 9.17) is 10.5 Å². The molecule has 0 radical (unpaired) electrons. The Morgan fingerprint density at radius 2 is 1.81 bits per heavy atom. The van der Waals surface area contributed by atoms with E-state index < -0.39 is 22.3 Å². The maximum atomic E-state index is 13.7. The molecule has 2 aromatic rings. The van der Waals surface area contributed by atoms with Crippen molar-refractivity contribution in [2.45, 2.75) is 13.2 Å². The molecule has 0 fully saturated rings. The van der Waals surface area contributed by atoms with Crippen LogP contribution in [0, 0.1) is 21.7 Å². The lowest BCUT2D eigenvalue weighted by atomic mass is 10.2. The van der Waals surface area contributed by atoms with Crippen molar-refractivity contribution in [3.05, 3.63) is 69.3 Å². The zero-order valence-corrected chi connectivity index (χ0v) is 10.9. The van der Waals surface area contributed by atoms with Gasteiger partial charge in [-0.2, -0.15) is 0 Å². The van der Waals surface area contributed by atoms with E-state index in [1.807, 2.05) is 0 Å². The summed E-state index contributed by atoms with van der Waals surface area (Å²) in [5.41, 5.74) is 5.94. The van der Waals surface area contributed by atoms with E-state index in [0.717, 1.165) is 12.1 Å². The van der Waals surface area contributed by atoms with Gasteiger partial charge in [0.05, 0.1) is 4.92 Å². The fraction of sp³-hybridized carbons (Fsp3) is 0.143. The van der Waals surface area contributed by atoms with Gasteiger partial charge < -0.3 is 10.5 Å². The second-order valence-electron chi connectivity index (χ2n) is 4.31. The molecule has 0 unspecified atom stereocenters. The van der Waals surface area contributed by atoms with Crippen LogP contribution in [0.3, 0.4) is 0 Å². The van der Waals surface area contributed by atoms with Crippen molar-refractivity contribution in [1.29, 1.82) is 0 Å². The minimum Gasteiger partial charge on any atom is -0.483 e. The lowest BCUT2D eigenvalue weighted by Crippen LogP contribution is -2.03. The van der Waals surface area contributed by atoms with E-state index in [1.54, 1.807) is 6.07 Å². The van der Waals surface area contributed by atoms with Crippen LogP contribution in [0.25, 0.3) is 0 Å². The molecule has 2 aromatic carbocycles. The molecule has 0 spiro atoms. The van der Waals surface area contributed by atoms with Gasteiger partial charge >= 0.3 is 0 Å². The first-order valence-corrected chi connectivity index (χ1v) is 6.05. The van der Waals surface area contributed by atoms with Crippen LogP contribution in [-0.4, -0.2) is 4.92 Å². The van der Waals surface area contributed by atoms with Crippen molar-refractivity contribution in [3.8, 4) is 5.75 Å². The highest BCUT2D eigenvalue weighted by Crippen LogP contribution is 2.24. The molecule has 0 aliphatic carbocycles. The van der Waals surface area contributed by atoms with Crippen LogP contribution >= 0.6 is 0 Å². The molecule has 0 bridgehead atoms. The monoisotopic (exact) mass is 294 g/mol. The van der Waals surface area contributed by atoms with Crippen LogP contribution in [0.15, 0.2) is 36.4 Å². The molecule has 0 aliphatic heterocycles. The SMILES string of the molecule is NCc1cc(F)c(OCc2cccc([N+](=O)[O-])c2)c(F)c1. The molecule has 2 rings (SSSR count). The molecular weight excluding hydrogens is 282 g/mol. The number of nitro groups is 1. The van der Waals surface area contributed by atoms with Crippen LogP contribution in [0.1, 0.15) is 11.1 Å². The zero-order valence-electron chi connectivity index (χ0n) is 10.9. The standard InChI is InChI=1S/C14H12F2N2O3/c15-12-5-10(7-17)6-13(16)14(12)21-8-9-2-1-3-11(4-9)18(19)20/h1-6H,7-8,17H2. The fourth-order valence-electron chi connectivity index (χ4n) is 1.78. The average Bonchev–Trinajstić information content (AvgIpc) is 2.46. The normalized spacial score (nSPS) is 10.4. The van der Waals surface area contributed by atoms with Crippen molar-refractivity contribution in [2.24, 2.45) is 5.73 Å². The summed E-state index contributed by atoms with van der Waals surface area (Å²) in [6.45, 7) is -0.170. The summed E-state index contributed by atoms with van der Waals surface area (Å²) < 4.78 is 32.4. The molecule has 5 nitrogen and oxygen atoms in total. The van der Waals surface area contributed by atoms with E-state index in [-0.39, 0.29) is 18.8 Å². The van der Waals surface area contributed by atoms with E-state index in [0.29, 0.717) is 11.1 Å². The maximum absolute atomic E-state index is 13.7. The first kappa shape index (κ1) is 14.9. The summed E-state index contributed by atoms with van der Waals surface area (Å²) in [7, 11) is 0. The van der Waals surface area contributed by atoms with Gasteiger partial charge in [-0.15, -0.1) is 0 Å². The lowest BCUT2D eigenvalue weighted by Gasteiger charge is -2.09. The summed E-state index contributed by atoms with van der Waals surface area (Å²) in [5, 5.41) is 10.6. The van der Waals surface area contributed by atoms with Crippen molar-refractivity contribution < 1.29 is 18.4 Å². The van der Waals surface area contributed by atoms with Gasteiger partial charge in [0.15, 0.2) is 17.4 Å². The minimum absolute atomic E-state index is 0.0129. The summed E-state index contributed by atoms with van der Waals surface area (Å²) in [4.78, 5) is 10.1. The first-order chi connectivity index (χ1) is 10.0. The Bertz CT molecular complexity index is 654. The number of nitrogens with zero attached hydrogens (tertiary/aromatic N) is 1. The highest BCUT2D eigenvalue weighted by atomic mass is 19.1. The summed E-state index contributed by atoms with van der Waals surface area (Å²) >= 11 is 0. The van der Waals surface area contributed by atoms with Crippen molar-refractivity contribution >= 4 is 5.69 Å². The number of hydrogen-bond donors (Lipinski definition) is 1. The number of nitro benzene ring substituents is 1. The fourth-order valence-corrected chi connectivity index (χ4v) is 1.78. The molecule has 0 atom stereocenters. The molecule has 0 aliphatic rings. The average molecular weight is 294 g/mol. The Kier molecular flexibility index (Phi) is 4.44. The van der Waals surface area contributed by atoms with Crippen LogP contribution in [0.4, 0.5) is 14.5 Å².